The summed E-state index contributed by atoms with van der Waals surface area (Å²) in [7, 11) is -3.14. The average Bonchev–Trinajstić information content (AvgIpc) is 2.99. The third kappa shape index (κ3) is 2.72. The summed E-state index contributed by atoms with van der Waals surface area (Å²) in [6.45, 7) is 3.90. The Bertz CT molecular complexity index is 1010. The van der Waals surface area contributed by atoms with Crippen LogP contribution >= 0.6 is 10.8 Å². The molecule has 0 unspecified atom stereocenters. The molecule has 0 radical (unpaired) electrons. The molecule has 3 N–H and O–H groups in total. The van der Waals surface area contributed by atoms with E-state index in [1.807, 2.05) is 42.5 Å². The second-order valence-corrected chi connectivity index (χ2v) is 8.68. The van der Waals surface area contributed by atoms with Gasteiger partial charge in [0.15, 0.2) is 0 Å². The van der Waals surface area contributed by atoms with Gasteiger partial charge in [0.05, 0.1) is 17.0 Å². The number of rotatable bonds is 2. The number of hydrogen-bond donors (Lipinski definition) is 3. The smallest absolute Gasteiger partial charge is 0.247 e. The number of piperazine rings is 1. The zero-order valence-corrected chi connectivity index (χ0v) is 15.6. The fourth-order valence-corrected chi connectivity index (χ4v) is 5.34. The van der Waals surface area contributed by atoms with Gasteiger partial charge in [0.25, 0.3) is 0 Å². The molecule has 0 atom stereocenters. The van der Waals surface area contributed by atoms with E-state index < -0.39 is 10.8 Å². The second-order valence-electron chi connectivity index (χ2n) is 6.76. The quantitative estimate of drug-likeness (QED) is 0.627. The molecule has 2 aliphatic rings. The topological polar surface area (TPSA) is 84.8 Å². The lowest BCUT2D eigenvalue weighted by Gasteiger charge is -2.37. The maximum absolute atomic E-state index is 10.9. The first-order chi connectivity index (χ1) is 13.1. The van der Waals surface area contributed by atoms with Crippen molar-refractivity contribution in [2.75, 3.05) is 35.4 Å². The standard InChI is InChI=1S/C19H21N5O2S/c25-27(26)17-8-4-1-5-14(17)13-24(27)19-21-16-7-3-2-6-15(16)18(22-19)23-11-9-20-10-12-23/h1-8,20,25-26H,9-13H2. The third-order valence-corrected chi connectivity index (χ3v) is 7.00. The second kappa shape index (κ2) is 6.35. The summed E-state index contributed by atoms with van der Waals surface area (Å²) in [5.74, 6) is 1.21. The van der Waals surface area contributed by atoms with Crippen molar-refractivity contribution < 1.29 is 9.11 Å². The van der Waals surface area contributed by atoms with Gasteiger partial charge in [0.1, 0.15) is 5.82 Å². The van der Waals surface area contributed by atoms with Crippen LogP contribution in [0.4, 0.5) is 11.8 Å². The molecular formula is C19H21N5O2S. The summed E-state index contributed by atoms with van der Waals surface area (Å²) >= 11 is 0. The number of para-hydroxylation sites is 1. The largest absolute Gasteiger partial charge is 0.353 e. The van der Waals surface area contributed by atoms with Crippen molar-refractivity contribution in [3.8, 4) is 0 Å². The van der Waals surface area contributed by atoms with Gasteiger partial charge in [-0.2, -0.15) is 4.98 Å². The molecule has 0 spiro atoms. The molecule has 7 nitrogen and oxygen atoms in total. The SMILES string of the molecule is OS1(O)c2ccccc2CN1c1nc(N2CCNCC2)c2ccccc2n1. The van der Waals surface area contributed by atoms with E-state index in [2.05, 4.69) is 15.2 Å². The van der Waals surface area contributed by atoms with Crippen molar-refractivity contribution in [1.29, 1.82) is 0 Å². The van der Waals surface area contributed by atoms with Crippen molar-refractivity contribution in [3.05, 3.63) is 54.1 Å². The number of anilines is 2. The minimum absolute atomic E-state index is 0.360. The van der Waals surface area contributed by atoms with Crippen LogP contribution in [0.2, 0.25) is 0 Å². The van der Waals surface area contributed by atoms with E-state index in [4.69, 9.17) is 4.98 Å². The van der Waals surface area contributed by atoms with Crippen molar-refractivity contribution in [3.63, 3.8) is 0 Å². The Morgan fingerprint density at radius 3 is 2.48 bits per heavy atom. The predicted molar refractivity (Wildman–Crippen MR) is 108 cm³/mol. The maximum Gasteiger partial charge on any atom is 0.247 e. The van der Waals surface area contributed by atoms with Gasteiger partial charge in [-0.25, -0.2) is 9.29 Å². The summed E-state index contributed by atoms with van der Waals surface area (Å²) in [6, 6.07) is 15.3. The molecule has 2 aromatic carbocycles. The highest BCUT2D eigenvalue weighted by Crippen LogP contribution is 2.59. The van der Waals surface area contributed by atoms with Gasteiger partial charge in [0.2, 0.25) is 5.95 Å². The van der Waals surface area contributed by atoms with Gasteiger partial charge in [-0.3, -0.25) is 9.11 Å². The van der Waals surface area contributed by atoms with Gasteiger partial charge in [-0.1, -0.05) is 41.1 Å². The Morgan fingerprint density at radius 1 is 0.926 bits per heavy atom. The van der Waals surface area contributed by atoms with E-state index in [0.29, 0.717) is 17.4 Å². The highest BCUT2D eigenvalue weighted by Gasteiger charge is 2.37. The van der Waals surface area contributed by atoms with Gasteiger partial charge in [-0.15, -0.1) is 0 Å². The van der Waals surface area contributed by atoms with Gasteiger partial charge < -0.3 is 10.2 Å². The first-order valence-corrected chi connectivity index (χ1v) is 10.5. The zero-order valence-electron chi connectivity index (χ0n) is 14.7. The molecule has 0 amide bonds. The van der Waals surface area contributed by atoms with Crippen molar-refractivity contribution in [2.24, 2.45) is 0 Å². The van der Waals surface area contributed by atoms with Crippen molar-refractivity contribution in [2.45, 2.75) is 11.4 Å². The normalized spacial score (nSPS) is 19.9. The Hall–Kier alpha value is -2.39. The van der Waals surface area contributed by atoms with E-state index in [1.165, 1.54) is 4.31 Å². The minimum Gasteiger partial charge on any atom is -0.353 e. The van der Waals surface area contributed by atoms with E-state index in [9.17, 15) is 9.11 Å². The first-order valence-electron chi connectivity index (χ1n) is 9.01. The van der Waals surface area contributed by atoms with E-state index in [-0.39, 0.29) is 0 Å². The van der Waals surface area contributed by atoms with Crippen LogP contribution in [0.1, 0.15) is 5.56 Å². The predicted octanol–water partition coefficient (Wildman–Crippen LogP) is 3.08. The molecule has 2 aliphatic heterocycles. The average molecular weight is 383 g/mol. The third-order valence-electron chi connectivity index (χ3n) is 5.10. The molecule has 0 bridgehead atoms. The fourth-order valence-electron chi connectivity index (χ4n) is 3.73. The molecule has 1 saturated heterocycles. The lowest BCUT2D eigenvalue weighted by atomic mass is 10.2. The lowest BCUT2D eigenvalue weighted by Crippen LogP contribution is -2.44. The van der Waals surface area contributed by atoms with Crippen LogP contribution in [0, 0.1) is 0 Å². The summed E-state index contributed by atoms with van der Waals surface area (Å²) in [6.07, 6.45) is 0. The lowest BCUT2D eigenvalue weighted by molar-refractivity contribution is 0.486. The molecule has 1 fully saturated rings. The van der Waals surface area contributed by atoms with Crippen molar-refractivity contribution >= 4 is 33.4 Å². The molecule has 8 heteroatoms. The molecular weight excluding hydrogens is 362 g/mol. The number of aromatic nitrogens is 2. The Morgan fingerprint density at radius 2 is 1.67 bits per heavy atom. The fraction of sp³-hybridized carbons (Fsp3) is 0.263. The highest BCUT2D eigenvalue weighted by molar-refractivity contribution is 8.25. The molecule has 3 aromatic rings. The van der Waals surface area contributed by atoms with Gasteiger partial charge in [0, 0.05) is 31.6 Å². The van der Waals surface area contributed by atoms with Crippen LogP contribution in [0.15, 0.2) is 53.4 Å². The number of nitrogens with zero attached hydrogens (tertiary/aromatic N) is 4. The summed E-state index contributed by atoms with van der Waals surface area (Å²) in [5, 5.41) is 4.34. The molecule has 27 heavy (non-hydrogen) atoms. The summed E-state index contributed by atoms with van der Waals surface area (Å²) in [4.78, 5) is 12.3. The van der Waals surface area contributed by atoms with E-state index >= 15 is 0 Å². The van der Waals surface area contributed by atoms with Crippen LogP contribution in [0.3, 0.4) is 0 Å². The van der Waals surface area contributed by atoms with Gasteiger partial charge in [-0.05, 0) is 23.8 Å². The van der Waals surface area contributed by atoms with Crippen molar-refractivity contribution in [1.82, 2.24) is 15.3 Å². The minimum atomic E-state index is -3.14. The Balaban J connectivity index is 1.64. The van der Waals surface area contributed by atoms with Crippen LogP contribution in [0.25, 0.3) is 10.9 Å². The zero-order chi connectivity index (χ0) is 18.4. The molecule has 5 rings (SSSR count). The summed E-state index contributed by atoms with van der Waals surface area (Å²) < 4.78 is 23.3. The molecule has 0 aliphatic carbocycles. The number of benzene rings is 2. The number of fused-ring (bicyclic) bond motifs is 2. The van der Waals surface area contributed by atoms with E-state index in [0.717, 1.165) is 48.5 Å². The molecule has 140 valence electrons. The van der Waals surface area contributed by atoms with Crippen LogP contribution < -0.4 is 14.5 Å². The maximum atomic E-state index is 10.9. The molecule has 1 aromatic heterocycles. The molecule has 3 heterocycles. The van der Waals surface area contributed by atoms with Gasteiger partial charge >= 0.3 is 0 Å². The highest BCUT2D eigenvalue weighted by atomic mass is 32.3. The monoisotopic (exact) mass is 383 g/mol. The Labute approximate surface area is 159 Å². The van der Waals surface area contributed by atoms with Crippen LogP contribution in [0.5, 0.6) is 0 Å². The summed E-state index contributed by atoms with van der Waals surface area (Å²) in [5.41, 5.74) is 1.71. The number of hydrogen-bond acceptors (Lipinski definition) is 7. The van der Waals surface area contributed by atoms with E-state index in [1.54, 1.807) is 6.07 Å². The van der Waals surface area contributed by atoms with Crippen LogP contribution in [-0.4, -0.2) is 45.3 Å². The molecule has 0 saturated carbocycles. The number of nitrogens with one attached hydrogen (secondary N) is 1. The first kappa shape index (κ1) is 16.8. The Kier molecular flexibility index (Phi) is 3.94. The van der Waals surface area contributed by atoms with Crippen LogP contribution in [-0.2, 0) is 6.54 Å².